The molecule has 0 spiro atoms. The van der Waals surface area contributed by atoms with Crippen LogP contribution in [0.25, 0.3) is 0 Å². The third kappa shape index (κ3) is 6.65. The lowest BCUT2D eigenvalue weighted by molar-refractivity contribution is -0.136. The van der Waals surface area contributed by atoms with Gasteiger partial charge in [-0.15, -0.1) is 35.0 Å². The number of alkyl halides is 4. The van der Waals surface area contributed by atoms with Crippen LogP contribution in [-0.4, -0.2) is 96.2 Å². The molecule has 4 saturated heterocycles. The van der Waals surface area contributed by atoms with E-state index in [1.54, 1.807) is 18.9 Å². The van der Waals surface area contributed by atoms with Gasteiger partial charge < -0.3 is 20.3 Å². The number of fused-ring (bicyclic) bond motifs is 1. The summed E-state index contributed by atoms with van der Waals surface area (Å²) in [5, 5.41) is 13.1. The molecule has 5 rings (SSSR count). The fourth-order valence-electron chi connectivity index (χ4n) is 7.33. The van der Waals surface area contributed by atoms with E-state index in [4.69, 9.17) is 27.9 Å². The zero-order valence-electron chi connectivity index (χ0n) is 22.5. The van der Waals surface area contributed by atoms with E-state index in [9.17, 15) is 18.4 Å². The summed E-state index contributed by atoms with van der Waals surface area (Å²) in [4.78, 5) is 28.6. The molecule has 0 bridgehead atoms. The van der Waals surface area contributed by atoms with Gasteiger partial charge in [0.25, 0.3) is 0 Å². The summed E-state index contributed by atoms with van der Waals surface area (Å²) >= 11 is 14.5. The van der Waals surface area contributed by atoms with Crippen LogP contribution in [0, 0.1) is 29.6 Å². The van der Waals surface area contributed by atoms with Gasteiger partial charge in [-0.2, -0.15) is 0 Å². The average molecular weight is 613 g/mol. The molecule has 4 heterocycles. The van der Waals surface area contributed by atoms with Crippen molar-refractivity contribution in [3.05, 3.63) is 0 Å². The predicted molar refractivity (Wildman–Crippen MR) is 149 cm³/mol. The van der Waals surface area contributed by atoms with Crippen LogP contribution >= 0.6 is 35.0 Å². The highest BCUT2D eigenvalue weighted by Crippen LogP contribution is 2.40. The van der Waals surface area contributed by atoms with Crippen LogP contribution in [0.3, 0.4) is 0 Å². The maximum atomic E-state index is 13.6. The second-order valence-corrected chi connectivity index (χ2v) is 14.4. The Kier molecular flexibility index (Phi) is 9.89. The number of amides is 2. The van der Waals surface area contributed by atoms with E-state index in [1.807, 2.05) is 4.90 Å². The quantitative estimate of drug-likeness (QED) is 0.271. The molecule has 0 aromatic heterocycles. The highest BCUT2D eigenvalue weighted by Gasteiger charge is 2.48. The Morgan fingerprint density at radius 3 is 2.54 bits per heavy atom. The van der Waals surface area contributed by atoms with Crippen molar-refractivity contribution in [1.82, 2.24) is 26.2 Å². The Labute approximate surface area is 243 Å². The van der Waals surface area contributed by atoms with Gasteiger partial charge >= 0.3 is 0 Å². The van der Waals surface area contributed by atoms with Crippen LogP contribution in [-0.2, 0) is 14.3 Å². The molecule has 5 aliphatic rings. The maximum Gasteiger partial charge on any atom is 0.241 e. The number of piperidine rings is 2. The Morgan fingerprint density at radius 2 is 1.85 bits per heavy atom. The van der Waals surface area contributed by atoms with Crippen molar-refractivity contribution in [1.29, 1.82) is 0 Å². The highest BCUT2D eigenvalue weighted by atomic mass is 35.5. The smallest absolute Gasteiger partial charge is 0.241 e. The van der Waals surface area contributed by atoms with Gasteiger partial charge in [-0.1, -0.05) is 0 Å². The number of halogens is 4. The number of nitrogens with one attached hydrogen (secondary N) is 4. The van der Waals surface area contributed by atoms with Crippen LogP contribution in [0.5, 0.6) is 0 Å². The second-order valence-electron chi connectivity index (χ2n) is 12.0. The number of nitrogens with zero attached hydrogens (tertiary/aromatic N) is 1. The normalized spacial score (nSPS) is 44.8. The molecule has 12 unspecified atom stereocenters. The summed E-state index contributed by atoms with van der Waals surface area (Å²) in [6.07, 6.45) is 0.213. The van der Waals surface area contributed by atoms with Crippen molar-refractivity contribution < 1.29 is 23.1 Å². The van der Waals surface area contributed by atoms with Gasteiger partial charge in [0.1, 0.15) is 5.50 Å². The van der Waals surface area contributed by atoms with Crippen LogP contribution in [0.4, 0.5) is 8.78 Å². The van der Waals surface area contributed by atoms with Crippen LogP contribution in [0.1, 0.15) is 39.0 Å². The largest absolute Gasteiger partial charge is 0.380 e. The zero-order chi connectivity index (χ0) is 27.8. The van der Waals surface area contributed by atoms with Gasteiger partial charge in [-0.3, -0.25) is 20.2 Å². The van der Waals surface area contributed by atoms with E-state index in [-0.39, 0.29) is 64.4 Å². The average Bonchev–Trinajstić information content (AvgIpc) is 3.47. The molecule has 0 aromatic carbocycles. The molecule has 39 heavy (non-hydrogen) atoms. The summed E-state index contributed by atoms with van der Waals surface area (Å²) in [6, 6.07) is 0.384. The summed E-state index contributed by atoms with van der Waals surface area (Å²) in [6.45, 7) is 4.55. The molecular weight excluding hydrogens is 571 g/mol. The molecule has 222 valence electrons. The van der Waals surface area contributed by atoms with E-state index >= 15 is 0 Å². The number of carbonyl (C=O) groups is 2. The van der Waals surface area contributed by atoms with Gasteiger partial charge in [0.05, 0.1) is 23.4 Å². The number of methoxy groups -OCH3 is 1. The summed E-state index contributed by atoms with van der Waals surface area (Å²) in [5.41, 5.74) is -0.347. The summed E-state index contributed by atoms with van der Waals surface area (Å²) in [7, 11) is 1.72. The molecule has 1 saturated carbocycles. The molecule has 4 aliphatic heterocycles. The third-order valence-electron chi connectivity index (χ3n) is 9.53. The Hall–Kier alpha value is -0.430. The van der Waals surface area contributed by atoms with E-state index in [0.717, 1.165) is 12.8 Å². The summed E-state index contributed by atoms with van der Waals surface area (Å²) < 4.78 is 32.0. The first-order chi connectivity index (χ1) is 18.6. The lowest BCUT2D eigenvalue weighted by Crippen LogP contribution is -2.57. The molecule has 2 amide bonds. The standard InChI is InChI=1S/C26H41Cl2F2N5O3S/c1-12-5-15(16-7-22(28)32-9-20(16)38-2)17(8-31-12)24(36)34-26-33-19-10-35(11-21(19)39-26)25(37)14-4-3-13(23(29)30)6-18(14)27/h12-23,26,31-33H,3-11H2,1-2H3,(H,34,36). The first-order valence-electron chi connectivity index (χ1n) is 14.2. The highest BCUT2D eigenvalue weighted by molar-refractivity contribution is 8.00. The fraction of sp³-hybridized carbons (Fsp3) is 0.923. The van der Waals surface area contributed by atoms with Gasteiger partial charge in [-0.25, -0.2) is 8.78 Å². The topological polar surface area (TPSA) is 94.7 Å². The number of carbonyl (C=O) groups excluding carboxylic acids is 2. The zero-order valence-corrected chi connectivity index (χ0v) is 24.8. The number of rotatable bonds is 6. The van der Waals surface area contributed by atoms with Crippen molar-refractivity contribution in [3.8, 4) is 0 Å². The van der Waals surface area contributed by atoms with Crippen molar-refractivity contribution in [2.24, 2.45) is 29.6 Å². The monoisotopic (exact) mass is 611 g/mol. The fourth-order valence-corrected chi connectivity index (χ4v) is 9.50. The molecule has 4 N–H and O–H groups in total. The SMILES string of the molecule is COC1CNC(Cl)CC1C1CC(C)NCC1C(=O)NC1NC2CN(C(=O)C3CCC(C(F)F)CC3Cl)CC2S1. The van der Waals surface area contributed by atoms with Crippen LogP contribution in [0.2, 0.25) is 0 Å². The molecule has 0 radical (unpaired) electrons. The molecule has 5 fully saturated rings. The first kappa shape index (κ1) is 30.0. The van der Waals surface area contributed by atoms with Crippen LogP contribution in [0.15, 0.2) is 0 Å². The van der Waals surface area contributed by atoms with Crippen molar-refractivity contribution >= 4 is 46.8 Å². The lowest BCUT2D eigenvalue weighted by atomic mass is 9.70. The van der Waals surface area contributed by atoms with Crippen molar-refractivity contribution in [2.75, 3.05) is 33.3 Å². The van der Waals surface area contributed by atoms with Gasteiger partial charge in [0.2, 0.25) is 18.2 Å². The van der Waals surface area contributed by atoms with Gasteiger partial charge in [0.15, 0.2) is 0 Å². The second kappa shape index (κ2) is 12.8. The first-order valence-corrected chi connectivity index (χ1v) is 16.0. The Balaban J connectivity index is 1.14. The number of ether oxygens (including phenoxy) is 1. The van der Waals surface area contributed by atoms with E-state index in [2.05, 4.69) is 28.2 Å². The molecule has 0 aromatic rings. The molecule has 8 nitrogen and oxygen atoms in total. The van der Waals surface area contributed by atoms with Crippen LogP contribution < -0.4 is 21.3 Å². The lowest BCUT2D eigenvalue weighted by Gasteiger charge is -2.45. The molecule has 1 aliphatic carbocycles. The number of likely N-dealkylation sites (tertiary alicyclic amines) is 1. The van der Waals surface area contributed by atoms with Crippen molar-refractivity contribution in [2.45, 2.75) is 85.3 Å². The van der Waals surface area contributed by atoms with Crippen molar-refractivity contribution in [3.63, 3.8) is 0 Å². The maximum absolute atomic E-state index is 13.6. The summed E-state index contributed by atoms with van der Waals surface area (Å²) in [5.74, 6) is -0.950. The van der Waals surface area contributed by atoms with E-state index in [0.29, 0.717) is 45.1 Å². The minimum absolute atomic E-state index is 0.0189. The molecule has 12 atom stereocenters. The number of hydrogen-bond acceptors (Lipinski definition) is 7. The minimum Gasteiger partial charge on any atom is -0.380 e. The molecular formula is C26H41Cl2F2N5O3S. The predicted octanol–water partition coefficient (Wildman–Crippen LogP) is 2.39. The number of thioether (sulfide) groups is 1. The number of hydrogen-bond donors (Lipinski definition) is 4. The van der Waals surface area contributed by atoms with Gasteiger partial charge in [-0.05, 0) is 50.9 Å². The minimum atomic E-state index is -2.39. The van der Waals surface area contributed by atoms with Gasteiger partial charge in [0, 0.05) is 61.9 Å². The Bertz CT molecular complexity index is 883. The third-order valence-corrected chi connectivity index (χ3v) is 11.7. The Morgan fingerprint density at radius 1 is 1.05 bits per heavy atom. The van der Waals surface area contributed by atoms with E-state index in [1.165, 1.54) is 0 Å². The molecule has 13 heteroatoms. The van der Waals surface area contributed by atoms with E-state index < -0.39 is 23.6 Å².